The minimum absolute atomic E-state index is 0.172. The van der Waals surface area contributed by atoms with Crippen molar-refractivity contribution in [1.82, 2.24) is 9.80 Å². The fourth-order valence-corrected chi connectivity index (χ4v) is 3.51. The molecule has 0 spiro atoms. The molecule has 0 aromatic heterocycles. The number of hydrogen-bond acceptors (Lipinski definition) is 4. The van der Waals surface area contributed by atoms with Crippen LogP contribution in [0, 0.1) is 5.92 Å². The second-order valence-corrected chi connectivity index (χ2v) is 8.04. The Morgan fingerprint density at radius 3 is 2.38 bits per heavy atom. The lowest BCUT2D eigenvalue weighted by molar-refractivity contribution is -0.156. The van der Waals surface area contributed by atoms with Crippen LogP contribution in [0.1, 0.15) is 52.9 Å². The van der Waals surface area contributed by atoms with Crippen molar-refractivity contribution in [1.29, 1.82) is 0 Å². The molecule has 0 radical (unpaired) electrons. The number of carbonyl (C=O) groups is 2. The highest BCUT2D eigenvalue weighted by Gasteiger charge is 2.30. The van der Waals surface area contributed by atoms with Crippen LogP contribution in [0.5, 0.6) is 0 Å². The first-order chi connectivity index (χ1) is 11.3. The van der Waals surface area contributed by atoms with Gasteiger partial charge >= 0.3 is 5.97 Å². The molecule has 5 heteroatoms. The minimum Gasteiger partial charge on any atom is -0.459 e. The second kappa shape index (κ2) is 8.15. The number of piperidine rings is 1. The van der Waals surface area contributed by atoms with Gasteiger partial charge in [-0.1, -0.05) is 12.2 Å². The highest BCUT2D eigenvalue weighted by atomic mass is 16.6. The summed E-state index contributed by atoms with van der Waals surface area (Å²) in [5, 5.41) is 0. The third-order valence-corrected chi connectivity index (χ3v) is 4.82. The minimum atomic E-state index is -0.442. The van der Waals surface area contributed by atoms with E-state index < -0.39 is 5.60 Å². The molecule has 2 aliphatic rings. The molecule has 0 saturated carbocycles. The van der Waals surface area contributed by atoms with Crippen molar-refractivity contribution in [3.63, 3.8) is 0 Å². The lowest BCUT2D eigenvalue weighted by Gasteiger charge is -2.38. The number of esters is 1. The zero-order valence-electron chi connectivity index (χ0n) is 15.6. The van der Waals surface area contributed by atoms with Gasteiger partial charge in [-0.05, 0) is 59.9 Å². The van der Waals surface area contributed by atoms with Crippen LogP contribution in [-0.2, 0) is 14.3 Å². The maximum Gasteiger partial charge on any atom is 0.320 e. The average molecular weight is 336 g/mol. The molecule has 1 saturated heterocycles. The lowest BCUT2D eigenvalue weighted by Crippen LogP contribution is -2.48. The number of carbonyl (C=O) groups excluding carboxylic acids is 2. The quantitative estimate of drug-likeness (QED) is 0.585. The van der Waals surface area contributed by atoms with E-state index in [9.17, 15) is 9.59 Å². The van der Waals surface area contributed by atoms with Gasteiger partial charge in [-0.2, -0.15) is 0 Å². The molecule has 0 N–H and O–H groups in total. The zero-order chi connectivity index (χ0) is 17.7. The number of rotatable bonds is 4. The van der Waals surface area contributed by atoms with Crippen LogP contribution >= 0.6 is 0 Å². The standard InChI is InChI=1S/C19H32N2O3/c1-19(2,3)24-17(22)14-20(4)16-10-12-21(13-11-16)18(23)15-8-6-5-7-9-15/h5-6,15-16H,7-14H2,1-4H3/t15-/m1/s1. The maximum absolute atomic E-state index is 12.6. The Bertz CT molecular complexity index is 473. The molecular formula is C19H32N2O3. The van der Waals surface area contributed by atoms with Crippen molar-refractivity contribution < 1.29 is 14.3 Å². The van der Waals surface area contributed by atoms with Gasteiger partial charge in [-0.3, -0.25) is 14.5 Å². The fraction of sp³-hybridized carbons (Fsp3) is 0.789. The van der Waals surface area contributed by atoms with Crippen molar-refractivity contribution in [2.75, 3.05) is 26.7 Å². The van der Waals surface area contributed by atoms with Gasteiger partial charge in [-0.25, -0.2) is 0 Å². The molecule has 1 heterocycles. The van der Waals surface area contributed by atoms with Crippen LogP contribution in [0.4, 0.5) is 0 Å². The largest absolute Gasteiger partial charge is 0.459 e. The number of hydrogen-bond donors (Lipinski definition) is 0. The number of likely N-dealkylation sites (N-methyl/N-ethyl adjacent to an activating group) is 1. The summed E-state index contributed by atoms with van der Waals surface area (Å²) in [6, 6.07) is 0.341. The van der Waals surface area contributed by atoms with E-state index in [1.807, 2.05) is 32.7 Å². The Kier molecular flexibility index (Phi) is 6.44. The van der Waals surface area contributed by atoms with Crippen LogP contribution in [0.2, 0.25) is 0 Å². The molecule has 0 aromatic carbocycles. The summed E-state index contributed by atoms with van der Waals surface area (Å²) in [4.78, 5) is 28.6. The van der Waals surface area contributed by atoms with Gasteiger partial charge < -0.3 is 9.64 Å². The Morgan fingerprint density at radius 1 is 1.17 bits per heavy atom. The van der Waals surface area contributed by atoms with Crippen molar-refractivity contribution in [2.45, 2.75) is 64.5 Å². The summed E-state index contributed by atoms with van der Waals surface area (Å²) in [6.45, 7) is 7.55. The SMILES string of the molecule is CN(CC(=O)OC(C)(C)C)C1CCN(C(=O)[C@@H]2CC=CCC2)CC1. The van der Waals surface area contributed by atoms with Gasteiger partial charge in [0.1, 0.15) is 5.60 Å². The van der Waals surface area contributed by atoms with E-state index in [0.29, 0.717) is 18.5 Å². The number of allylic oxidation sites excluding steroid dienone is 2. The van der Waals surface area contributed by atoms with Gasteiger partial charge in [0, 0.05) is 25.0 Å². The smallest absolute Gasteiger partial charge is 0.320 e. The maximum atomic E-state index is 12.6. The van der Waals surface area contributed by atoms with Gasteiger partial charge in [0.2, 0.25) is 5.91 Å². The number of nitrogens with zero attached hydrogens (tertiary/aromatic N) is 2. The third-order valence-electron chi connectivity index (χ3n) is 4.82. The summed E-state index contributed by atoms with van der Waals surface area (Å²) in [7, 11) is 1.97. The van der Waals surface area contributed by atoms with Crippen LogP contribution in [-0.4, -0.2) is 60.0 Å². The predicted molar refractivity (Wildman–Crippen MR) is 94.6 cm³/mol. The van der Waals surface area contributed by atoms with Crippen molar-refractivity contribution in [2.24, 2.45) is 5.92 Å². The summed E-state index contributed by atoms with van der Waals surface area (Å²) in [5.41, 5.74) is -0.442. The molecule has 0 unspecified atom stereocenters. The van der Waals surface area contributed by atoms with E-state index in [1.54, 1.807) is 0 Å². The molecule has 1 atom stereocenters. The molecule has 1 fully saturated rings. The molecule has 0 aromatic rings. The van der Waals surface area contributed by atoms with Gasteiger partial charge in [0.25, 0.3) is 0 Å². The monoisotopic (exact) mass is 336 g/mol. The van der Waals surface area contributed by atoms with Crippen molar-refractivity contribution in [3.8, 4) is 0 Å². The molecule has 0 bridgehead atoms. The van der Waals surface area contributed by atoms with Crippen LogP contribution in [0.25, 0.3) is 0 Å². The van der Waals surface area contributed by atoms with Gasteiger partial charge in [0.15, 0.2) is 0 Å². The van der Waals surface area contributed by atoms with Crippen LogP contribution in [0.3, 0.4) is 0 Å². The van der Waals surface area contributed by atoms with E-state index in [4.69, 9.17) is 4.74 Å². The summed E-state index contributed by atoms with van der Waals surface area (Å²) < 4.78 is 5.39. The first-order valence-electron chi connectivity index (χ1n) is 9.12. The van der Waals surface area contributed by atoms with E-state index >= 15 is 0 Å². The average Bonchev–Trinajstić information content (AvgIpc) is 2.53. The summed E-state index contributed by atoms with van der Waals surface area (Å²) in [6.07, 6.45) is 9.03. The first-order valence-corrected chi connectivity index (χ1v) is 9.12. The Morgan fingerprint density at radius 2 is 1.83 bits per heavy atom. The van der Waals surface area contributed by atoms with E-state index in [2.05, 4.69) is 17.1 Å². The topological polar surface area (TPSA) is 49.9 Å². The molecular weight excluding hydrogens is 304 g/mol. The zero-order valence-corrected chi connectivity index (χ0v) is 15.6. The number of likely N-dealkylation sites (tertiary alicyclic amines) is 1. The first kappa shape index (κ1) is 19.0. The molecule has 1 aliphatic carbocycles. The molecule has 1 aliphatic heterocycles. The van der Waals surface area contributed by atoms with E-state index in [0.717, 1.165) is 45.2 Å². The third kappa shape index (κ3) is 5.62. The van der Waals surface area contributed by atoms with E-state index in [1.165, 1.54) is 0 Å². The Labute approximate surface area is 146 Å². The van der Waals surface area contributed by atoms with Crippen LogP contribution < -0.4 is 0 Å². The second-order valence-electron chi connectivity index (χ2n) is 8.04. The van der Waals surface area contributed by atoms with E-state index in [-0.39, 0.29) is 11.9 Å². The fourth-order valence-electron chi connectivity index (χ4n) is 3.51. The van der Waals surface area contributed by atoms with Crippen molar-refractivity contribution >= 4 is 11.9 Å². The molecule has 1 amide bonds. The molecule has 136 valence electrons. The number of amides is 1. The Balaban J connectivity index is 1.76. The number of ether oxygens (including phenoxy) is 1. The predicted octanol–water partition coefficient (Wildman–Crippen LogP) is 2.61. The molecule has 24 heavy (non-hydrogen) atoms. The highest BCUT2D eigenvalue weighted by molar-refractivity contribution is 5.79. The normalized spacial score (nSPS) is 22.7. The highest BCUT2D eigenvalue weighted by Crippen LogP contribution is 2.23. The van der Waals surface area contributed by atoms with Gasteiger partial charge in [-0.15, -0.1) is 0 Å². The lowest BCUT2D eigenvalue weighted by atomic mass is 9.92. The van der Waals surface area contributed by atoms with Crippen molar-refractivity contribution in [3.05, 3.63) is 12.2 Å². The Hall–Kier alpha value is -1.36. The summed E-state index contributed by atoms with van der Waals surface area (Å²) in [5.74, 6) is 0.302. The summed E-state index contributed by atoms with van der Waals surface area (Å²) >= 11 is 0. The molecule has 2 rings (SSSR count). The van der Waals surface area contributed by atoms with Gasteiger partial charge in [0.05, 0.1) is 6.54 Å². The van der Waals surface area contributed by atoms with Crippen LogP contribution in [0.15, 0.2) is 12.2 Å². The molecule has 5 nitrogen and oxygen atoms in total.